The lowest BCUT2D eigenvalue weighted by molar-refractivity contribution is -0.120. The average molecular weight is 232 g/mol. The summed E-state index contributed by atoms with van der Waals surface area (Å²) in [6, 6.07) is 1.65. The van der Waals surface area contributed by atoms with Gasteiger partial charge in [-0.05, 0) is 26.0 Å². The third kappa shape index (κ3) is 2.52. The van der Waals surface area contributed by atoms with E-state index in [1.54, 1.807) is 0 Å². The van der Waals surface area contributed by atoms with Gasteiger partial charge in [-0.1, -0.05) is 0 Å². The summed E-state index contributed by atoms with van der Waals surface area (Å²) in [5.74, 6) is -5.09. The number of amides is 1. The van der Waals surface area contributed by atoms with Crippen LogP contribution in [0.15, 0.2) is 12.1 Å². The molecule has 0 aliphatic rings. The zero-order valence-corrected chi connectivity index (χ0v) is 8.77. The summed E-state index contributed by atoms with van der Waals surface area (Å²) in [6.07, 6.45) is 0. The number of benzene rings is 1. The van der Waals surface area contributed by atoms with Crippen LogP contribution in [0, 0.1) is 17.5 Å². The number of nitrogens with one attached hydrogen (secondary N) is 1. The second-order valence-corrected chi connectivity index (χ2v) is 3.90. The van der Waals surface area contributed by atoms with E-state index < -0.39 is 34.6 Å². The van der Waals surface area contributed by atoms with Gasteiger partial charge in [-0.2, -0.15) is 0 Å². The highest BCUT2D eigenvalue weighted by molar-refractivity contribution is 5.97. The quantitative estimate of drug-likeness (QED) is 0.763. The van der Waals surface area contributed by atoms with Crippen LogP contribution in [0.3, 0.4) is 0 Å². The molecule has 3 nitrogen and oxygen atoms in total. The van der Waals surface area contributed by atoms with Gasteiger partial charge in [0.1, 0.15) is 0 Å². The highest BCUT2D eigenvalue weighted by Gasteiger charge is 2.24. The van der Waals surface area contributed by atoms with E-state index in [9.17, 15) is 18.0 Å². The highest BCUT2D eigenvalue weighted by atomic mass is 19.2. The molecule has 1 aromatic carbocycles. The van der Waals surface area contributed by atoms with E-state index in [0.717, 1.165) is 12.1 Å². The van der Waals surface area contributed by atoms with Crippen LogP contribution in [-0.4, -0.2) is 11.4 Å². The van der Waals surface area contributed by atoms with Gasteiger partial charge in [0.05, 0.1) is 11.2 Å². The maximum atomic E-state index is 13.1. The summed E-state index contributed by atoms with van der Waals surface area (Å²) >= 11 is 0. The molecule has 6 heteroatoms. The van der Waals surface area contributed by atoms with Crippen molar-refractivity contribution in [2.75, 3.05) is 5.32 Å². The zero-order valence-electron chi connectivity index (χ0n) is 8.77. The van der Waals surface area contributed by atoms with Gasteiger partial charge >= 0.3 is 0 Å². The molecule has 0 aliphatic heterocycles. The number of hydrogen-bond donors (Lipinski definition) is 2. The first-order chi connectivity index (χ1) is 7.23. The molecule has 1 aromatic rings. The molecule has 3 N–H and O–H groups in total. The number of hydrogen-bond acceptors (Lipinski definition) is 2. The fourth-order valence-electron chi connectivity index (χ4n) is 0.906. The van der Waals surface area contributed by atoms with Gasteiger partial charge in [0, 0.05) is 0 Å². The summed E-state index contributed by atoms with van der Waals surface area (Å²) in [5, 5.41) is 2.07. The first-order valence-corrected chi connectivity index (χ1v) is 4.47. The van der Waals surface area contributed by atoms with E-state index in [2.05, 4.69) is 5.32 Å². The first-order valence-electron chi connectivity index (χ1n) is 4.47. The minimum absolute atomic E-state index is 0.442. The number of nitrogens with two attached hydrogens (primary N) is 1. The summed E-state index contributed by atoms with van der Waals surface area (Å²) in [4.78, 5) is 11.4. The Morgan fingerprint density at radius 2 is 1.81 bits per heavy atom. The van der Waals surface area contributed by atoms with Crippen molar-refractivity contribution < 1.29 is 18.0 Å². The average Bonchev–Trinajstić information content (AvgIpc) is 2.17. The lowest BCUT2D eigenvalue weighted by Crippen LogP contribution is -2.45. The molecule has 0 saturated carbocycles. The molecule has 88 valence electrons. The van der Waals surface area contributed by atoms with Gasteiger partial charge in [0.15, 0.2) is 17.5 Å². The fourth-order valence-corrected chi connectivity index (χ4v) is 0.906. The number of anilines is 1. The molecule has 16 heavy (non-hydrogen) atoms. The topological polar surface area (TPSA) is 55.1 Å². The van der Waals surface area contributed by atoms with Gasteiger partial charge in [0.2, 0.25) is 5.91 Å². The minimum atomic E-state index is -1.63. The molecule has 0 spiro atoms. The molecule has 0 heterocycles. The predicted octanol–water partition coefficient (Wildman–Crippen LogP) is 1.78. The van der Waals surface area contributed by atoms with E-state index in [1.165, 1.54) is 13.8 Å². The van der Waals surface area contributed by atoms with Crippen molar-refractivity contribution in [3.8, 4) is 0 Å². The smallest absolute Gasteiger partial charge is 0.243 e. The Morgan fingerprint density at radius 1 is 1.25 bits per heavy atom. The van der Waals surface area contributed by atoms with Crippen LogP contribution in [-0.2, 0) is 4.79 Å². The van der Waals surface area contributed by atoms with E-state index in [1.807, 2.05) is 0 Å². The van der Waals surface area contributed by atoms with Crippen molar-refractivity contribution in [2.24, 2.45) is 5.73 Å². The van der Waals surface area contributed by atoms with Crippen LogP contribution >= 0.6 is 0 Å². The third-order valence-electron chi connectivity index (χ3n) is 1.87. The van der Waals surface area contributed by atoms with Gasteiger partial charge in [0.25, 0.3) is 0 Å². The first kappa shape index (κ1) is 12.5. The Bertz CT molecular complexity index is 427. The third-order valence-corrected chi connectivity index (χ3v) is 1.87. The normalized spacial score (nSPS) is 11.4. The molecular formula is C10H11F3N2O. The molecule has 0 aromatic heterocycles. The number of carbonyl (C=O) groups excluding carboxylic acids is 1. The lowest BCUT2D eigenvalue weighted by atomic mass is 10.1. The highest BCUT2D eigenvalue weighted by Crippen LogP contribution is 2.20. The molecule has 0 fully saturated rings. The standard InChI is InChI=1S/C10H11F3N2O/c1-10(2,14)9(16)15-6-4-3-5(11)7(12)8(6)13/h3-4H,14H2,1-2H3,(H,15,16). The van der Waals surface area contributed by atoms with Crippen LogP contribution in [0.1, 0.15) is 13.8 Å². The molecule has 0 aliphatic carbocycles. The Morgan fingerprint density at radius 3 is 2.31 bits per heavy atom. The monoisotopic (exact) mass is 232 g/mol. The molecule has 1 rings (SSSR count). The van der Waals surface area contributed by atoms with Crippen molar-refractivity contribution in [1.82, 2.24) is 0 Å². The van der Waals surface area contributed by atoms with Gasteiger partial charge in [-0.3, -0.25) is 4.79 Å². The molecule has 0 unspecified atom stereocenters. The van der Waals surface area contributed by atoms with Gasteiger partial charge in [-0.15, -0.1) is 0 Å². The molecular weight excluding hydrogens is 221 g/mol. The molecule has 0 atom stereocenters. The Balaban J connectivity index is 3.00. The second kappa shape index (κ2) is 4.13. The van der Waals surface area contributed by atoms with Crippen LogP contribution < -0.4 is 11.1 Å². The SMILES string of the molecule is CC(C)(N)C(=O)Nc1ccc(F)c(F)c1F. The molecule has 1 amide bonds. The summed E-state index contributed by atoms with van der Waals surface area (Å²) in [5.41, 5.74) is 3.76. The minimum Gasteiger partial charge on any atom is -0.322 e. The largest absolute Gasteiger partial charge is 0.322 e. The predicted molar refractivity (Wildman–Crippen MR) is 53.2 cm³/mol. The Kier molecular flexibility index (Phi) is 3.23. The van der Waals surface area contributed by atoms with Crippen molar-refractivity contribution >= 4 is 11.6 Å². The fraction of sp³-hybridized carbons (Fsp3) is 0.300. The molecule has 0 radical (unpaired) electrons. The van der Waals surface area contributed by atoms with E-state index >= 15 is 0 Å². The second-order valence-electron chi connectivity index (χ2n) is 3.90. The molecule has 0 saturated heterocycles. The maximum Gasteiger partial charge on any atom is 0.243 e. The zero-order chi connectivity index (χ0) is 12.5. The van der Waals surface area contributed by atoms with Crippen LogP contribution in [0.5, 0.6) is 0 Å². The van der Waals surface area contributed by atoms with Crippen LogP contribution in [0.4, 0.5) is 18.9 Å². The molecule has 0 bridgehead atoms. The Hall–Kier alpha value is -1.56. The van der Waals surface area contributed by atoms with Gasteiger partial charge in [-0.25, -0.2) is 13.2 Å². The Labute approximate surface area is 90.4 Å². The van der Waals surface area contributed by atoms with E-state index in [4.69, 9.17) is 5.73 Å². The number of rotatable bonds is 2. The van der Waals surface area contributed by atoms with Gasteiger partial charge < -0.3 is 11.1 Å². The van der Waals surface area contributed by atoms with E-state index in [0.29, 0.717) is 0 Å². The van der Waals surface area contributed by atoms with Crippen LogP contribution in [0.2, 0.25) is 0 Å². The summed E-state index contributed by atoms with van der Waals surface area (Å²) < 4.78 is 38.5. The summed E-state index contributed by atoms with van der Waals surface area (Å²) in [6.45, 7) is 2.81. The number of halogens is 3. The van der Waals surface area contributed by atoms with Crippen molar-refractivity contribution in [3.63, 3.8) is 0 Å². The summed E-state index contributed by atoms with van der Waals surface area (Å²) in [7, 11) is 0. The van der Waals surface area contributed by atoms with Crippen LogP contribution in [0.25, 0.3) is 0 Å². The number of carbonyl (C=O) groups is 1. The van der Waals surface area contributed by atoms with Crippen molar-refractivity contribution in [2.45, 2.75) is 19.4 Å². The van der Waals surface area contributed by atoms with Crippen molar-refractivity contribution in [1.29, 1.82) is 0 Å². The van der Waals surface area contributed by atoms with E-state index in [-0.39, 0.29) is 0 Å². The lowest BCUT2D eigenvalue weighted by Gasteiger charge is -2.18. The maximum absolute atomic E-state index is 13.1. The van der Waals surface area contributed by atoms with Crippen molar-refractivity contribution in [3.05, 3.63) is 29.6 Å².